The van der Waals surface area contributed by atoms with E-state index >= 15 is 8.78 Å². The van der Waals surface area contributed by atoms with Crippen molar-refractivity contribution < 1.29 is 40.8 Å². The quantitative estimate of drug-likeness (QED) is 0.145. The van der Waals surface area contributed by atoms with Crippen LogP contribution in [0.5, 0.6) is 5.75 Å². The molecule has 1 fully saturated rings. The second-order valence-corrected chi connectivity index (χ2v) is 12.3. The van der Waals surface area contributed by atoms with E-state index in [2.05, 4.69) is 19.9 Å². The number of hydrogen-bond acceptors (Lipinski definition) is 12. The highest BCUT2D eigenvalue weighted by Gasteiger charge is 2.43. The van der Waals surface area contributed by atoms with Gasteiger partial charge in [-0.25, -0.2) is 37.1 Å². The molecule has 4 aromatic rings. The average Bonchev–Trinajstić information content (AvgIpc) is 3.42. The van der Waals surface area contributed by atoms with E-state index in [1.807, 2.05) is 0 Å². The number of imidazole rings is 1. The minimum Gasteiger partial charge on any atom is -0.401 e. The summed E-state index contributed by atoms with van der Waals surface area (Å²) in [5.41, 5.74) is 12.1. The molecule has 5 N–H and O–H groups in total. The summed E-state index contributed by atoms with van der Waals surface area (Å²) in [6, 6.07) is 3.06. The van der Waals surface area contributed by atoms with E-state index in [1.165, 1.54) is 38.8 Å². The smallest absolute Gasteiger partial charge is 0.401 e. The van der Waals surface area contributed by atoms with Crippen LogP contribution in [0.4, 0.5) is 29.1 Å². The molecule has 13 nitrogen and oxygen atoms in total. The lowest BCUT2D eigenvalue weighted by Crippen LogP contribution is -2.63. The van der Waals surface area contributed by atoms with Gasteiger partial charge in [0.05, 0.1) is 49.2 Å². The number of piperidine rings is 1. The third-order valence-electron chi connectivity index (χ3n) is 7.54. The average molecular weight is 669 g/mol. The third-order valence-corrected chi connectivity index (χ3v) is 9.11. The van der Waals surface area contributed by atoms with E-state index in [0.29, 0.717) is 41.4 Å². The summed E-state index contributed by atoms with van der Waals surface area (Å²) in [5, 5.41) is 10.2. The number of benzene rings is 1. The van der Waals surface area contributed by atoms with Crippen molar-refractivity contribution >= 4 is 30.5 Å². The number of fused-ring (bicyclic) bond motifs is 1. The lowest BCUT2D eigenvalue weighted by molar-refractivity contribution is -0.0529. The van der Waals surface area contributed by atoms with Crippen molar-refractivity contribution in [3.63, 3.8) is 0 Å². The fourth-order valence-corrected chi connectivity index (χ4v) is 6.57. The van der Waals surface area contributed by atoms with Gasteiger partial charge in [0.1, 0.15) is 23.8 Å². The van der Waals surface area contributed by atoms with Crippen molar-refractivity contribution in [2.45, 2.75) is 51.3 Å². The number of halogens is 4. The summed E-state index contributed by atoms with van der Waals surface area (Å²) in [5.74, 6) is -2.53. The maximum Gasteiger partial charge on any atom is 0.530 e. The second kappa shape index (κ2) is 13.5. The number of nitrogens with two attached hydrogens (primary N) is 2. The van der Waals surface area contributed by atoms with Crippen LogP contribution in [0, 0.1) is 11.6 Å². The zero-order valence-electron chi connectivity index (χ0n) is 24.9. The van der Waals surface area contributed by atoms with Gasteiger partial charge in [-0.1, -0.05) is 0 Å². The van der Waals surface area contributed by atoms with Crippen LogP contribution in [0.25, 0.3) is 22.4 Å². The number of phosphoric ester groups is 1. The van der Waals surface area contributed by atoms with Crippen molar-refractivity contribution in [2.24, 2.45) is 5.73 Å². The first-order chi connectivity index (χ1) is 21.9. The molecule has 3 aromatic heterocycles. The van der Waals surface area contributed by atoms with Gasteiger partial charge in [-0.15, -0.1) is 0 Å². The number of aliphatic hydroxyl groups is 1. The highest BCUT2D eigenvalue weighted by atomic mass is 31.2. The first-order valence-electron chi connectivity index (χ1n) is 14.4. The number of phosphoric acid groups is 1. The summed E-state index contributed by atoms with van der Waals surface area (Å²) < 4.78 is 87.4. The Balaban J connectivity index is 1.56. The summed E-state index contributed by atoms with van der Waals surface area (Å²) in [6.07, 6.45) is -0.412. The van der Waals surface area contributed by atoms with Crippen LogP contribution < -0.4 is 20.9 Å². The van der Waals surface area contributed by atoms with Crippen LogP contribution in [0.15, 0.2) is 37.1 Å². The molecule has 0 amide bonds. The van der Waals surface area contributed by atoms with Crippen molar-refractivity contribution in [3.05, 3.63) is 54.2 Å². The van der Waals surface area contributed by atoms with E-state index in [9.17, 15) is 18.5 Å². The molecule has 0 aliphatic carbocycles. The van der Waals surface area contributed by atoms with Gasteiger partial charge in [-0.2, -0.15) is 0 Å². The molecule has 46 heavy (non-hydrogen) atoms. The fraction of sp³-hybridized carbons (Fsp3) is 0.429. The largest absolute Gasteiger partial charge is 0.530 e. The number of nitrogens with zero attached hydrogens (tertiary/aromatic N) is 6. The van der Waals surface area contributed by atoms with Crippen LogP contribution in [-0.4, -0.2) is 74.0 Å². The number of aliphatic hydroxyl groups excluding tert-OH is 1. The van der Waals surface area contributed by atoms with E-state index in [0.717, 1.165) is 6.07 Å². The monoisotopic (exact) mass is 668 g/mol. The number of rotatable bonds is 12. The van der Waals surface area contributed by atoms with Crippen LogP contribution in [0.3, 0.4) is 0 Å². The Hall–Kier alpha value is -3.89. The molecule has 0 unspecified atom stereocenters. The highest BCUT2D eigenvalue weighted by molar-refractivity contribution is 7.48. The SMILES string of the molecule is CCOP(=O)(OCC)Oc1cc(F)c(-c2cc(Cn3cnc4c(N)ncnc43)c(N3CCC[C@](N)([C@H](O)C(F)F)C3)cn2)cc1F. The van der Waals surface area contributed by atoms with Gasteiger partial charge >= 0.3 is 7.82 Å². The Kier molecular flexibility index (Phi) is 9.79. The minimum atomic E-state index is -4.22. The number of anilines is 2. The summed E-state index contributed by atoms with van der Waals surface area (Å²) in [4.78, 5) is 18.6. The number of hydrogen-bond donors (Lipinski definition) is 3. The first kappa shape index (κ1) is 33.5. The molecular weight excluding hydrogens is 635 g/mol. The van der Waals surface area contributed by atoms with Gasteiger partial charge in [-0.05, 0) is 44.4 Å². The molecule has 0 bridgehead atoms. The maximum atomic E-state index is 15.5. The van der Waals surface area contributed by atoms with Crippen LogP contribution in [-0.2, 0) is 20.2 Å². The Labute approximate surface area is 261 Å². The standard InChI is InChI=1S/C28H33F4N8O5P/c1-3-43-46(42,44-4-2)45-22-10-18(29)17(9-19(22)30)20-8-16(12-40-15-38-23-26(33)36-14-37-27(23)40)21(11-35-20)39-7-5-6-28(34,13-39)24(41)25(31)32/h8-11,14-15,24-25,41H,3-7,12-13,34H2,1-2H3,(H2,33,36,37)/t24-,28-/m1/s1. The molecule has 1 aliphatic heterocycles. The molecular formula is C28H33F4N8O5P. The Morgan fingerprint density at radius 3 is 2.52 bits per heavy atom. The molecule has 4 heterocycles. The first-order valence-corrected chi connectivity index (χ1v) is 15.8. The van der Waals surface area contributed by atoms with Crippen molar-refractivity contribution in [1.29, 1.82) is 0 Å². The lowest BCUT2D eigenvalue weighted by atomic mass is 9.84. The molecule has 1 aromatic carbocycles. The van der Waals surface area contributed by atoms with Crippen molar-refractivity contribution in [3.8, 4) is 17.0 Å². The van der Waals surface area contributed by atoms with Crippen LogP contribution in [0.1, 0.15) is 32.3 Å². The van der Waals surface area contributed by atoms with E-state index < -0.39 is 43.3 Å². The molecule has 0 radical (unpaired) electrons. The molecule has 0 saturated carbocycles. The minimum absolute atomic E-state index is 0.0155. The zero-order chi connectivity index (χ0) is 33.2. The molecule has 5 rings (SSSR count). The van der Waals surface area contributed by atoms with Gasteiger partial charge in [0.2, 0.25) is 0 Å². The van der Waals surface area contributed by atoms with Gasteiger partial charge in [0.25, 0.3) is 6.43 Å². The third kappa shape index (κ3) is 6.78. The summed E-state index contributed by atoms with van der Waals surface area (Å²) in [6.45, 7) is 3.29. The van der Waals surface area contributed by atoms with Crippen LogP contribution >= 0.6 is 7.82 Å². The van der Waals surface area contributed by atoms with Gasteiger partial charge < -0.3 is 30.6 Å². The number of pyridine rings is 1. The van der Waals surface area contributed by atoms with E-state index in [-0.39, 0.29) is 49.8 Å². The van der Waals surface area contributed by atoms with E-state index in [1.54, 1.807) is 9.47 Å². The Bertz CT molecular complexity index is 1750. The second-order valence-electron chi connectivity index (χ2n) is 10.7. The molecule has 2 atom stereocenters. The van der Waals surface area contributed by atoms with Crippen LogP contribution in [0.2, 0.25) is 0 Å². The topological polar surface area (TPSA) is 177 Å². The van der Waals surface area contributed by atoms with E-state index in [4.69, 9.17) is 25.0 Å². The molecule has 0 spiro atoms. The molecule has 18 heteroatoms. The number of alkyl halides is 2. The van der Waals surface area contributed by atoms with Gasteiger partial charge in [0.15, 0.2) is 23.0 Å². The number of aromatic nitrogens is 5. The van der Waals surface area contributed by atoms with Crippen molar-refractivity contribution in [2.75, 3.05) is 36.9 Å². The fourth-order valence-electron chi connectivity index (χ4n) is 5.38. The summed E-state index contributed by atoms with van der Waals surface area (Å²) in [7, 11) is -4.22. The Morgan fingerprint density at radius 1 is 1.09 bits per heavy atom. The van der Waals surface area contributed by atoms with Gasteiger partial charge in [0, 0.05) is 24.7 Å². The summed E-state index contributed by atoms with van der Waals surface area (Å²) >= 11 is 0. The number of nitrogen functional groups attached to an aromatic ring is 1. The highest BCUT2D eigenvalue weighted by Crippen LogP contribution is 2.50. The molecule has 1 saturated heterocycles. The van der Waals surface area contributed by atoms with Crippen molar-refractivity contribution in [1.82, 2.24) is 24.5 Å². The maximum absolute atomic E-state index is 15.5. The normalized spacial score (nSPS) is 18.0. The predicted octanol–water partition coefficient (Wildman–Crippen LogP) is 4.28. The predicted molar refractivity (Wildman–Crippen MR) is 160 cm³/mol. The molecule has 1 aliphatic rings. The molecule has 248 valence electrons. The Morgan fingerprint density at radius 2 is 1.83 bits per heavy atom. The van der Waals surface area contributed by atoms with Gasteiger partial charge in [-0.3, -0.25) is 14.0 Å². The zero-order valence-corrected chi connectivity index (χ0v) is 25.8. The lowest BCUT2D eigenvalue weighted by Gasteiger charge is -2.44.